The normalized spacial score (nSPS) is 21.8. The fourth-order valence-corrected chi connectivity index (χ4v) is 1.96. The highest BCUT2D eigenvalue weighted by Crippen LogP contribution is 2.27. The predicted octanol–water partition coefficient (Wildman–Crippen LogP) is 0.145. The number of piperidine rings is 1. The number of nitrogens with one attached hydrogen (secondary N) is 1. The zero-order chi connectivity index (χ0) is 9.90. The Morgan fingerprint density at radius 2 is 2.00 bits per heavy atom. The number of hydrogen-bond donors (Lipinski definition) is 2. The van der Waals surface area contributed by atoms with Crippen molar-refractivity contribution >= 4 is 5.97 Å². The highest BCUT2D eigenvalue weighted by atomic mass is 16.4. The van der Waals surface area contributed by atoms with E-state index < -0.39 is 5.97 Å². The molecule has 13 heavy (non-hydrogen) atoms. The number of aliphatic carboxylic acids is 1. The number of carbonyl (C=O) groups is 1. The molecule has 1 saturated heterocycles. The van der Waals surface area contributed by atoms with Crippen molar-refractivity contribution in [3.05, 3.63) is 0 Å². The fourth-order valence-electron chi connectivity index (χ4n) is 1.96. The average molecular weight is 186 g/mol. The van der Waals surface area contributed by atoms with Crippen LogP contribution in [0.15, 0.2) is 0 Å². The van der Waals surface area contributed by atoms with Crippen LogP contribution >= 0.6 is 0 Å². The minimum absolute atomic E-state index is 0.128. The summed E-state index contributed by atoms with van der Waals surface area (Å²) in [6.45, 7) is 1.84. The molecule has 0 aromatic carbocycles. The first-order valence-corrected chi connectivity index (χ1v) is 4.67. The Hall–Kier alpha value is -0.610. The van der Waals surface area contributed by atoms with Crippen LogP contribution in [-0.4, -0.2) is 48.7 Å². The summed E-state index contributed by atoms with van der Waals surface area (Å²) in [7, 11) is 3.93. The highest BCUT2D eigenvalue weighted by Gasteiger charge is 2.36. The maximum atomic E-state index is 10.7. The molecule has 0 amide bonds. The molecule has 0 aromatic rings. The number of rotatable bonds is 3. The molecule has 4 nitrogen and oxygen atoms in total. The lowest BCUT2D eigenvalue weighted by Crippen LogP contribution is -2.52. The van der Waals surface area contributed by atoms with Crippen molar-refractivity contribution in [2.45, 2.75) is 24.8 Å². The van der Waals surface area contributed by atoms with E-state index in [2.05, 4.69) is 10.2 Å². The van der Waals surface area contributed by atoms with E-state index in [1.807, 2.05) is 14.1 Å². The minimum Gasteiger partial charge on any atom is -0.481 e. The molecule has 76 valence electrons. The van der Waals surface area contributed by atoms with E-state index in [1.54, 1.807) is 0 Å². The van der Waals surface area contributed by atoms with Gasteiger partial charge >= 0.3 is 5.97 Å². The van der Waals surface area contributed by atoms with E-state index in [0.29, 0.717) is 0 Å². The first-order chi connectivity index (χ1) is 6.07. The maximum absolute atomic E-state index is 10.7. The third-order valence-electron chi connectivity index (χ3n) is 2.96. The van der Waals surface area contributed by atoms with E-state index >= 15 is 0 Å². The molecule has 0 unspecified atom stereocenters. The van der Waals surface area contributed by atoms with Crippen LogP contribution in [0, 0.1) is 0 Å². The van der Waals surface area contributed by atoms with Crippen molar-refractivity contribution in [2.24, 2.45) is 0 Å². The van der Waals surface area contributed by atoms with E-state index in [-0.39, 0.29) is 12.0 Å². The molecule has 0 radical (unpaired) electrons. The number of carboxylic acids is 1. The van der Waals surface area contributed by atoms with Crippen LogP contribution in [0.5, 0.6) is 0 Å². The molecule has 1 heterocycles. The highest BCUT2D eigenvalue weighted by molar-refractivity contribution is 5.68. The van der Waals surface area contributed by atoms with E-state index in [4.69, 9.17) is 5.11 Å². The van der Waals surface area contributed by atoms with E-state index in [1.165, 1.54) is 0 Å². The lowest BCUT2D eigenvalue weighted by Gasteiger charge is -2.42. The van der Waals surface area contributed by atoms with Gasteiger partial charge in [-0.15, -0.1) is 0 Å². The smallest absolute Gasteiger partial charge is 0.305 e. The van der Waals surface area contributed by atoms with Gasteiger partial charge < -0.3 is 15.3 Å². The zero-order valence-electron chi connectivity index (χ0n) is 8.34. The second kappa shape index (κ2) is 4.07. The summed E-state index contributed by atoms with van der Waals surface area (Å²) in [5, 5.41) is 12.1. The van der Waals surface area contributed by atoms with Crippen LogP contribution in [0.2, 0.25) is 0 Å². The third kappa shape index (κ3) is 2.42. The van der Waals surface area contributed by atoms with E-state index in [9.17, 15) is 4.79 Å². The summed E-state index contributed by atoms with van der Waals surface area (Å²) in [4.78, 5) is 12.8. The summed E-state index contributed by atoms with van der Waals surface area (Å²) in [6.07, 6.45) is 2.10. The van der Waals surface area contributed by atoms with E-state index in [0.717, 1.165) is 25.9 Å². The quantitative estimate of drug-likeness (QED) is 0.658. The molecule has 0 saturated carbocycles. The molecule has 1 aliphatic rings. The second-order valence-electron chi connectivity index (χ2n) is 3.94. The van der Waals surface area contributed by atoms with Crippen molar-refractivity contribution in [2.75, 3.05) is 27.2 Å². The van der Waals surface area contributed by atoms with Crippen LogP contribution in [0.1, 0.15) is 19.3 Å². The van der Waals surface area contributed by atoms with Gasteiger partial charge in [-0.05, 0) is 40.0 Å². The van der Waals surface area contributed by atoms with Gasteiger partial charge in [-0.3, -0.25) is 4.79 Å². The first kappa shape index (κ1) is 10.5. The van der Waals surface area contributed by atoms with Crippen molar-refractivity contribution in [1.82, 2.24) is 10.2 Å². The summed E-state index contributed by atoms with van der Waals surface area (Å²) in [5.74, 6) is -0.699. The van der Waals surface area contributed by atoms with Crippen LogP contribution in [-0.2, 0) is 4.79 Å². The summed E-state index contributed by atoms with van der Waals surface area (Å²) >= 11 is 0. The minimum atomic E-state index is -0.699. The lowest BCUT2D eigenvalue weighted by atomic mass is 9.84. The van der Waals surface area contributed by atoms with Crippen LogP contribution in [0.25, 0.3) is 0 Å². The maximum Gasteiger partial charge on any atom is 0.305 e. The van der Waals surface area contributed by atoms with Gasteiger partial charge in [-0.25, -0.2) is 0 Å². The molecule has 0 bridgehead atoms. The van der Waals surface area contributed by atoms with Crippen LogP contribution in [0.3, 0.4) is 0 Å². The van der Waals surface area contributed by atoms with Crippen molar-refractivity contribution in [1.29, 1.82) is 0 Å². The van der Waals surface area contributed by atoms with Crippen LogP contribution < -0.4 is 5.32 Å². The van der Waals surface area contributed by atoms with Crippen LogP contribution in [0.4, 0.5) is 0 Å². The van der Waals surface area contributed by atoms with Crippen molar-refractivity contribution < 1.29 is 9.90 Å². The average Bonchev–Trinajstić information content (AvgIpc) is 2.04. The Balaban J connectivity index is 2.67. The SMILES string of the molecule is CN(C)C1(CC(=O)O)CCNCC1. The fraction of sp³-hybridized carbons (Fsp3) is 0.889. The summed E-state index contributed by atoms with van der Waals surface area (Å²) < 4.78 is 0. The number of hydrogen-bond acceptors (Lipinski definition) is 3. The monoisotopic (exact) mass is 186 g/mol. The molecular weight excluding hydrogens is 168 g/mol. The second-order valence-corrected chi connectivity index (χ2v) is 3.94. The summed E-state index contributed by atoms with van der Waals surface area (Å²) in [6, 6.07) is 0. The van der Waals surface area contributed by atoms with Gasteiger partial charge in [-0.2, -0.15) is 0 Å². The molecule has 1 rings (SSSR count). The largest absolute Gasteiger partial charge is 0.481 e. The van der Waals surface area contributed by atoms with Crippen molar-refractivity contribution in [3.8, 4) is 0 Å². The molecule has 0 atom stereocenters. The summed E-state index contributed by atoms with van der Waals surface area (Å²) in [5.41, 5.74) is -0.128. The van der Waals surface area contributed by atoms with Gasteiger partial charge in [0.05, 0.1) is 6.42 Å². The zero-order valence-corrected chi connectivity index (χ0v) is 8.34. The van der Waals surface area contributed by atoms with Gasteiger partial charge in [0.25, 0.3) is 0 Å². The third-order valence-corrected chi connectivity index (χ3v) is 2.96. The Morgan fingerprint density at radius 1 is 1.46 bits per heavy atom. The first-order valence-electron chi connectivity index (χ1n) is 4.67. The molecule has 0 spiro atoms. The molecule has 4 heteroatoms. The standard InChI is InChI=1S/C9H18N2O2/c1-11(2)9(7-8(12)13)3-5-10-6-4-9/h10H,3-7H2,1-2H3,(H,12,13). The topological polar surface area (TPSA) is 52.6 Å². The molecule has 2 N–H and O–H groups in total. The van der Waals surface area contributed by atoms with Gasteiger partial charge in [0, 0.05) is 5.54 Å². The number of nitrogens with zero attached hydrogens (tertiary/aromatic N) is 1. The van der Waals surface area contributed by atoms with Gasteiger partial charge in [0.1, 0.15) is 0 Å². The molecule has 0 aliphatic carbocycles. The Kier molecular flexibility index (Phi) is 3.27. The van der Waals surface area contributed by atoms with Gasteiger partial charge in [0.15, 0.2) is 0 Å². The number of carboxylic acid groups (broad SMARTS) is 1. The van der Waals surface area contributed by atoms with Gasteiger partial charge in [0.2, 0.25) is 0 Å². The molecular formula is C9H18N2O2. The predicted molar refractivity (Wildman–Crippen MR) is 50.8 cm³/mol. The Bertz CT molecular complexity index is 186. The molecule has 1 aliphatic heterocycles. The Labute approximate surface area is 78.9 Å². The van der Waals surface area contributed by atoms with Crippen molar-refractivity contribution in [3.63, 3.8) is 0 Å². The van der Waals surface area contributed by atoms with Gasteiger partial charge in [-0.1, -0.05) is 0 Å². The molecule has 0 aromatic heterocycles. The Morgan fingerprint density at radius 3 is 2.38 bits per heavy atom. The molecule has 1 fully saturated rings. The lowest BCUT2D eigenvalue weighted by molar-refractivity contribution is -0.140.